The summed E-state index contributed by atoms with van der Waals surface area (Å²) in [6.07, 6.45) is 0. The zero-order valence-corrected chi connectivity index (χ0v) is 16.2. The SMILES string of the molecule is CNc1ccc([C@@H]2C(C(N)=O)=C(C)Nc3nc(-c4ccccc4Cl)nn32)cc1. The van der Waals surface area contributed by atoms with Crippen LogP contribution in [-0.4, -0.2) is 27.7 Å². The molecule has 28 heavy (non-hydrogen) atoms. The van der Waals surface area contributed by atoms with Gasteiger partial charge in [0.2, 0.25) is 11.9 Å². The molecule has 3 aromatic rings. The summed E-state index contributed by atoms with van der Waals surface area (Å²) in [4.78, 5) is 16.8. The standard InChI is InChI=1S/C20H19ClN6O/c1-11-16(18(22)28)17(12-7-9-13(23-2)10-8-12)27-20(24-11)25-19(26-27)14-5-3-4-6-15(14)21/h3-10,17,23H,1-2H3,(H2,22,28)(H,24,25,26)/t17-/m1/s1. The monoisotopic (exact) mass is 394 g/mol. The average Bonchev–Trinajstić information content (AvgIpc) is 3.10. The van der Waals surface area contributed by atoms with Gasteiger partial charge in [0.1, 0.15) is 6.04 Å². The van der Waals surface area contributed by atoms with Crippen LogP contribution in [0.5, 0.6) is 0 Å². The summed E-state index contributed by atoms with van der Waals surface area (Å²) in [7, 11) is 1.85. The van der Waals surface area contributed by atoms with Crippen molar-refractivity contribution in [3.05, 3.63) is 70.4 Å². The van der Waals surface area contributed by atoms with Gasteiger partial charge in [-0.3, -0.25) is 4.79 Å². The van der Waals surface area contributed by atoms with Gasteiger partial charge in [0.15, 0.2) is 5.82 Å². The van der Waals surface area contributed by atoms with Crippen molar-refractivity contribution in [1.29, 1.82) is 0 Å². The van der Waals surface area contributed by atoms with E-state index in [1.54, 1.807) is 10.7 Å². The molecule has 0 saturated carbocycles. The van der Waals surface area contributed by atoms with Crippen LogP contribution in [0.3, 0.4) is 0 Å². The molecule has 0 fully saturated rings. The molecule has 0 aliphatic carbocycles. The van der Waals surface area contributed by atoms with Crippen molar-refractivity contribution < 1.29 is 4.79 Å². The maximum atomic E-state index is 12.2. The van der Waals surface area contributed by atoms with E-state index in [1.807, 2.05) is 56.4 Å². The van der Waals surface area contributed by atoms with E-state index in [1.165, 1.54) is 0 Å². The Kier molecular flexibility index (Phi) is 4.52. The Balaban J connectivity index is 1.88. The van der Waals surface area contributed by atoms with Gasteiger partial charge in [-0.25, -0.2) is 4.68 Å². The van der Waals surface area contributed by atoms with E-state index in [4.69, 9.17) is 17.3 Å². The van der Waals surface area contributed by atoms with Crippen LogP contribution in [-0.2, 0) is 4.79 Å². The Bertz CT molecular complexity index is 1090. The van der Waals surface area contributed by atoms with E-state index in [9.17, 15) is 4.79 Å². The van der Waals surface area contributed by atoms with Crippen LogP contribution in [0.25, 0.3) is 11.4 Å². The molecular weight excluding hydrogens is 376 g/mol. The first-order valence-corrected chi connectivity index (χ1v) is 9.14. The lowest BCUT2D eigenvalue weighted by molar-refractivity contribution is -0.115. The molecular formula is C20H19ClN6O. The summed E-state index contributed by atoms with van der Waals surface area (Å²) in [6, 6.07) is 14.7. The minimum Gasteiger partial charge on any atom is -0.388 e. The first kappa shape index (κ1) is 18.1. The number of carbonyl (C=O) groups is 1. The number of nitrogens with one attached hydrogen (secondary N) is 2. The molecule has 8 heteroatoms. The molecule has 7 nitrogen and oxygen atoms in total. The van der Waals surface area contributed by atoms with Crippen molar-refractivity contribution in [2.24, 2.45) is 5.73 Å². The molecule has 2 aromatic carbocycles. The molecule has 1 aliphatic rings. The first-order valence-electron chi connectivity index (χ1n) is 8.76. The Labute approximate surface area is 167 Å². The molecule has 1 aromatic heterocycles. The smallest absolute Gasteiger partial charge is 0.248 e. The molecule has 0 unspecified atom stereocenters. The number of fused-ring (bicyclic) bond motifs is 1. The second-order valence-electron chi connectivity index (χ2n) is 6.49. The molecule has 2 heterocycles. The number of amides is 1. The second-order valence-corrected chi connectivity index (χ2v) is 6.89. The van der Waals surface area contributed by atoms with Crippen LogP contribution in [0, 0.1) is 0 Å². The fourth-order valence-electron chi connectivity index (χ4n) is 3.37. The molecule has 4 N–H and O–H groups in total. The first-order chi connectivity index (χ1) is 13.5. The molecule has 1 amide bonds. The van der Waals surface area contributed by atoms with E-state index >= 15 is 0 Å². The normalized spacial score (nSPS) is 15.8. The van der Waals surface area contributed by atoms with Crippen LogP contribution in [0.2, 0.25) is 5.02 Å². The van der Waals surface area contributed by atoms with Gasteiger partial charge in [-0.05, 0) is 36.8 Å². The Morgan fingerprint density at radius 1 is 1.21 bits per heavy atom. The lowest BCUT2D eigenvalue weighted by atomic mass is 9.95. The van der Waals surface area contributed by atoms with Crippen molar-refractivity contribution >= 4 is 29.1 Å². The number of nitrogens with two attached hydrogens (primary N) is 1. The highest BCUT2D eigenvalue weighted by atomic mass is 35.5. The molecule has 1 atom stereocenters. The van der Waals surface area contributed by atoms with Crippen LogP contribution < -0.4 is 16.4 Å². The van der Waals surface area contributed by atoms with Crippen LogP contribution in [0.1, 0.15) is 18.5 Å². The summed E-state index contributed by atoms with van der Waals surface area (Å²) in [5.74, 6) is 0.497. The molecule has 0 spiro atoms. The van der Waals surface area contributed by atoms with Gasteiger partial charge in [-0.1, -0.05) is 35.9 Å². The minimum absolute atomic E-state index is 0.445. The highest BCUT2D eigenvalue weighted by molar-refractivity contribution is 6.33. The van der Waals surface area contributed by atoms with E-state index in [0.717, 1.165) is 16.8 Å². The summed E-state index contributed by atoms with van der Waals surface area (Å²) < 4.78 is 1.68. The van der Waals surface area contributed by atoms with Gasteiger partial charge in [-0.15, -0.1) is 5.10 Å². The van der Waals surface area contributed by atoms with Crippen molar-refractivity contribution in [3.8, 4) is 11.4 Å². The fourth-order valence-corrected chi connectivity index (χ4v) is 3.59. The number of allylic oxidation sites excluding steroid dienone is 1. The van der Waals surface area contributed by atoms with Gasteiger partial charge in [0, 0.05) is 24.0 Å². The third-order valence-electron chi connectivity index (χ3n) is 4.75. The average molecular weight is 395 g/mol. The van der Waals surface area contributed by atoms with Crippen LogP contribution >= 0.6 is 11.6 Å². The van der Waals surface area contributed by atoms with Crippen molar-refractivity contribution in [2.45, 2.75) is 13.0 Å². The van der Waals surface area contributed by atoms with Crippen molar-refractivity contribution in [2.75, 3.05) is 17.7 Å². The Morgan fingerprint density at radius 3 is 2.57 bits per heavy atom. The minimum atomic E-state index is -0.506. The largest absolute Gasteiger partial charge is 0.388 e. The van der Waals surface area contributed by atoms with Crippen molar-refractivity contribution in [1.82, 2.24) is 14.8 Å². The van der Waals surface area contributed by atoms with E-state index in [-0.39, 0.29) is 0 Å². The molecule has 0 saturated heterocycles. The predicted molar refractivity (Wildman–Crippen MR) is 110 cm³/mol. The number of rotatable bonds is 4. The molecule has 0 bridgehead atoms. The maximum Gasteiger partial charge on any atom is 0.248 e. The fraction of sp³-hybridized carbons (Fsp3) is 0.150. The summed E-state index contributed by atoms with van der Waals surface area (Å²) >= 11 is 6.32. The molecule has 142 valence electrons. The highest BCUT2D eigenvalue weighted by Crippen LogP contribution is 2.37. The van der Waals surface area contributed by atoms with Crippen molar-refractivity contribution in [3.63, 3.8) is 0 Å². The van der Waals surface area contributed by atoms with Crippen LogP contribution in [0.4, 0.5) is 11.6 Å². The van der Waals surface area contributed by atoms with Gasteiger partial charge in [-0.2, -0.15) is 4.98 Å². The quantitative estimate of drug-likeness (QED) is 0.629. The Hall–Kier alpha value is -3.32. The summed E-state index contributed by atoms with van der Waals surface area (Å²) in [6.45, 7) is 1.81. The molecule has 4 rings (SSSR count). The Morgan fingerprint density at radius 2 is 1.93 bits per heavy atom. The number of benzene rings is 2. The number of carbonyl (C=O) groups excluding carboxylic acids is 1. The summed E-state index contributed by atoms with van der Waals surface area (Å²) in [5.41, 5.74) is 9.37. The zero-order valence-electron chi connectivity index (χ0n) is 15.4. The van der Waals surface area contributed by atoms with Gasteiger partial charge >= 0.3 is 0 Å². The highest BCUT2D eigenvalue weighted by Gasteiger charge is 2.33. The maximum absolute atomic E-state index is 12.2. The number of nitrogens with zero attached hydrogens (tertiary/aromatic N) is 3. The van der Waals surface area contributed by atoms with E-state index in [0.29, 0.717) is 28.1 Å². The third-order valence-corrected chi connectivity index (χ3v) is 5.08. The van der Waals surface area contributed by atoms with Gasteiger partial charge in [0.25, 0.3) is 0 Å². The zero-order chi connectivity index (χ0) is 19.8. The number of primary amides is 1. The van der Waals surface area contributed by atoms with E-state index in [2.05, 4.69) is 20.7 Å². The number of anilines is 2. The topological polar surface area (TPSA) is 97.9 Å². The molecule has 1 aliphatic heterocycles. The lowest BCUT2D eigenvalue weighted by Gasteiger charge is -2.27. The predicted octanol–water partition coefficient (Wildman–Crippen LogP) is 3.41. The van der Waals surface area contributed by atoms with Gasteiger partial charge < -0.3 is 16.4 Å². The van der Waals surface area contributed by atoms with E-state index < -0.39 is 11.9 Å². The number of aromatic nitrogens is 3. The number of hydrogen-bond donors (Lipinski definition) is 3. The van der Waals surface area contributed by atoms with Crippen LogP contribution in [0.15, 0.2) is 59.8 Å². The number of hydrogen-bond acceptors (Lipinski definition) is 5. The van der Waals surface area contributed by atoms with Gasteiger partial charge in [0.05, 0.1) is 10.6 Å². The summed E-state index contributed by atoms with van der Waals surface area (Å²) in [5, 5.41) is 11.4. The number of halogens is 1. The second kappa shape index (κ2) is 7.01. The lowest BCUT2D eigenvalue weighted by Crippen LogP contribution is -2.31. The third kappa shape index (κ3) is 2.99. The molecule has 0 radical (unpaired) electrons.